The van der Waals surface area contributed by atoms with Crippen LogP contribution >= 0.6 is 15.9 Å². The van der Waals surface area contributed by atoms with Gasteiger partial charge in [0, 0.05) is 12.6 Å². The van der Waals surface area contributed by atoms with Crippen LogP contribution in [-0.2, 0) is 0 Å². The van der Waals surface area contributed by atoms with Gasteiger partial charge in [-0.2, -0.15) is 4.98 Å². The van der Waals surface area contributed by atoms with Gasteiger partial charge in [-0.1, -0.05) is 6.07 Å². The summed E-state index contributed by atoms with van der Waals surface area (Å²) < 4.78 is 19.5. The van der Waals surface area contributed by atoms with E-state index >= 15 is 0 Å². The molecule has 0 amide bonds. The summed E-state index contributed by atoms with van der Waals surface area (Å²) in [6.45, 7) is 4.50. The second-order valence-electron chi connectivity index (χ2n) is 3.89. The average Bonchev–Trinajstić information content (AvgIpc) is 2.38. The summed E-state index contributed by atoms with van der Waals surface area (Å²) in [6, 6.07) is 4.38. The van der Waals surface area contributed by atoms with Crippen molar-refractivity contribution in [2.75, 3.05) is 11.9 Å². The molecule has 0 atom stereocenters. The second-order valence-corrected chi connectivity index (χ2v) is 4.74. The molecule has 1 aromatic heterocycles. The van der Waals surface area contributed by atoms with Crippen LogP contribution in [0.15, 0.2) is 28.9 Å². The first-order chi connectivity index (χ1) is 9.10. The maximum atomic E-state index is 13.2. The van der Waals surface area contributed by atoms with Crippen molar-refractivity contribution < 1.29 is 9.13 Å². The number of rotatable bonds is 4. The molecule has 0 aliphatic carbocycles. The zero-order valence-corrected chi connectivity index (χ0v) is 12.2. The first-order valence-corrected chi connectivity index (χ1v) is 6.60. The Balaban J connectivity index is 2.31. The van der Waals surface area contributed by atoms with Crippen LogP contribution in [0.25, 0.3) is 0 Å². The lowest BCUT2D eigenvalue weighted by Gasteiger charge is -2.10. The fourth-order valence-corrected chi connectivity index (χ4v) is 1.73. The molecule has 0 spiro atoms. The Hall–Kier alpha value is -1.69. The van der Waals surface area contributed by atoms with Crippen molar-refractivity contribution >= 4 is 21.9 Å². The number of ether oxygens (including phenoxy) is 1. The molecule has 2 rings (SSSR count). The van der Waals surface area contributed by atoms with Crippen LogP contribution in [0.4, 0.5) is 10.3 Å². The van der Waals surface area contributed by atoms with Crippen molar-refractivity contribution in [2.24, 2.45) is 0 Å². The number of aryl methyl sites for hydroxylation is 1. The summed E-state index contributed by atoms with van der Waals surface area (Å²) in [5.74, 6) is 0.897. The van der Waals surface area contributed by atoms with Crippen LogP contribution in [0.1, 0.15) is 12.5 Å². The summed E-state index contributed by atoms with van der Waals surface area (Å²) in [7, 11) is 0. The first kappa shape index (κ1) is 13.7. The molecule has 0 saturated heterocycles. The first-order valence-electron chi connectivity index (χ1n) is 5.80. The van der Waals surface area contributed by atoms with E-state index in [0.717, 1.165) is 5.56 Å². The molecule has 0 unspecified atom stereocenters. The van der Waals surface area contributed by atoms with E-state index in [2.05, 4.69) is 31.2 Å². The lowest BCUT2D eigenvalue weighted by molar-refractivity contribution is 0.451. The molecule has 1 heterocycles. The highest BCUT2D eigenvalue weighted by atomic mass is 79.9. The predicted molar refractivity (Wildman–Crippen MR) is 75.1 cm³/mol. The third-order valence-electron chi connectivity index (χ3n) is 2.40. The summed E-state index contributed by atoms with van der Waals surface area (Å²) >= 11 is 3.31. The predicted octanol–water partition coefficient (Wildman–Crippen LogP) is 3.91. The Morgan fingerprint density at radius 3 is 2.95 bits per heavy atom. The molecule has 6 heteroatoms. The van der Waals surface area contributed by atoms with E-state index in [0.29, 0.717) is 28.6 Å². The highest BCUT2D eigenvalue weighted by Gasteiger charge is 2.09. The van der Waals surface area contributed by atoms with Gasteiger partial charge in [-0.05, 0) is 41.4 Å². The van der Waals surface area contributed by atoms with E-state index in [4.69, 9.17) is 4.74 Å². The van der Waals surface area contributed by atoms with Crippen molar-refractivity contribution in [1.29, 1.82) is 0 Å². The molecule has 0 aliphatic rings. The second kappa shape index (κ2) is 5.97. The number of nitrogens with zero attached hydrogens (tertiary/aromatic N) is 2. The zero-order chi connectivity index (χ0) is 13.8. The summed E-state index contributed by atoms with van der Waals surface area (Å²) in [5, 5.41) is 2.99. The van der Waals surface area contributed by atoms with Gasteiger partial charge in [-0.3, -0.25) is 0 Å². The van der Waals surface area contributed by atoms with Crippen LogP contribution < -0.4 is 10.1 Å². The molecule has 0 aliphatic heterocycles. The van der Waals surface area contributed by atoms with Crippen LogP contribution in [0.2, 0.25) is 0 Å². The average molecular weight is 326 g/mol. The van der Waals surface area contributed by atoms with Gasteiger partial charge in [0.1, 0.15) is 11.6 Å². The van der Waals surface area contributed by atoms with Crippen molar-refractivity contribution in [3.63, 3.8) is 0 Å². The molecule has 100 valence electrons. The number of nitrogens with one attached hydrogen (secondary N) is 1. The minimum absolute atomic E-state index is 0.347. The molecule has 2 aromatic rings. The Labute approximate surface area is 119 Å². The molecular weight excluding hydrogens is 313 g/mol. The van der Waals surface area contributed by atoms with Crippen LogP contribution in [0, 0.1) is 12.7 Å². The number of aromatic nitrogens is 2. The third kappa shape index (κ3) is 3.41. The number of halogens is 2. The molecule has 0 radical (unpaired) electrons. The molecule has 0 saturated carbocycles. The fraction of sp³-hybridized carbons (Fsp3) is 0.231. The van der Waals surface area contributed by atoms with E-state index in [-0.39, 0.29) is 5.82 Å². The van der Waals surface area contributed by atoms with Crippen molar-refractivity contribution in [3.05, 3.63) is 40.2 Å². The van der Waals surface area contributed by atoms with Crippen molar-refractivity contribution in [2.45, 2.75) is 13.8 Å². The summed E-state index contributed by atoms with van der Waals surface area (Å²) in [4.78, 5) is 8.30. The highest BCUT2D eigenvalue weighted by Crippen LogP contribution is 2.30. The standard InChI is InChI=1S/C13H13BrFN3O/c1-3-16-13-17-7-10(14)12(18-13)19-11-6-9(15)5-4-8(11)2/h4-7H,3H2,1-2H3,(H,16,17,18). The number of benzene rings is 1. The maximum absolute atomic E-state index is 13.2. The van der Waals surface area contributed by atoms with E-state index in [1.54, 1.807) is 12.3 Å². The molecule has 1 aromatic carbocycles. The Morgan fingerprint density at radius 1 is 1.42 bits per heavy atom. The molecular formula is C13H13BrFN3O. The van der Waals surface area contributed by atoms with Gasteiger partial charge in [0.2, 0.25) is 11.8 Å². The van der Waals surface area contributed by atoms with Gasteiger partial charge in [-0.15, -0.1) is 0 Å². The quantitative estimate of drug-likeness (QED) is 0.925. The Kier molecular flexibility index (Phi) is 4.31. The van der Waals surface area contributed by atoms with Crippen molar-refractivity contribution in [3.8, 4) is 11.6 Å². The minimum atomic E-state index is -0.349. The maximum Gasteiger partial charge on any atom is 0.238 e. The van der Waals surface area contributed by atoms with Gasteiger partial charge in [0.15, 0.2) is 0 Å². The van der Waals surface area contributed by atoms with Crippen molar-refractivity contribution in [1.82, 2.24) is 9.97 Å². The van der Waals surface area contributed by atoms with Gasteiger partial charge >= 0.3 is 0 Å². The monoisotopic (exact) mass is 325 g/mol. The number of anilines is 1. The van der Waals surface area contributed by atoms with Crippen LogP contribution in [0.3, 0.4) is 0 Å². The van der Waals surface area contributed by atoms with Gasteiger partial charge in [-0.25, -0.2) is 9.37 Å². The van der Waals surface area contributed by atoms with Crippen LogP contribution in [-0.4, -0.2) is 16.5 Å². The molecule has 4 nitrogen and oxygen atoms in total. The number of hydrogen-bond donors (Lipinski definition) is 1. The number of hydrogen-bond acceptors (Lipinski definition) is 4. The summed E-state index contributed by atoms with van der Waals surface area (Å²) in [6.07, 6.45) is 1.59. The molecule has 0 fully saturated rings. The Morgan fingerprint density at radius 2 is 2.21 bits per heavy atom. The lowest BCUT2D eigenvalue weighted by atomic mass is 10.2. The van der Waals surface area contributed by atoms with Gasteiger partial charge in [0.05, 0.1) is 10.7 Å². The van der Waals surface area contributed by atoms with E-state index in [9.17, 15) is 4.39 Å². The lowest BCUT2D eigenvalue weighted by Crippen LogP contribution is -2.03. The Bertz CT molecular complexity index is 592. The van der Waals surface area contributed by atoms with E-state index in [1.165, 1.54) is 12.1 Å². The van der Waals surface area contributed by atoms with Crippen LogP contribution in [0.5, 0.6) is 11.6 Å². The van der Waals surface area contributed by atoms with Gasteiger partial charge < -0.3 is 10.1 Å². The molecule has 19 heavy (non-hydrogen) atoms. The zero-order valence-electron chi connectivity index (χ0n) is 10.6. The van der Waals surface area contributed by atoms with Gasteiger partial charge in [0.25, 0.3) is 0 Å². The fourth-order valence-electron chi connectivity index (χ4n) is 1.45. The largest absolute Gasteiger partial charge is 0.437 e. The third-order valence-corrected chi connectivity index (χ3v) is 2.95. The summed E-state index contributed by atoms with van der Waals surface area (Å²) in [5.41, 5.74) is 0.830. The highest BCUT2D eigenvalue weighted by molar-refractivity contribution is 9.10. The SMILES string of the molecule is CCNc1ncc(Br)c(Oc2cc(F)ccc2C)n1. The minimum Gasteiger partial charge on any atom is -0.437 e. The van der Waals surface area contributed by atoms with E-state index < -0.39 is 0 Å². The molecule has 0 bridgehead atoms. The molecule has 1 N–H and O–H groups in total. The topological polar surface area (TPSA) is 47.0 Å². The smallest absolute Gasteiger partial charge is 0.238 e. The van der Waals surface area contributed by atoms with E-state index in [1.807, 2.05) is 13.8 Å². The normalized spacial score (nSPS) is 10.3.